The van der Waals surface area contributed by atoms with Gasteiger partial charge >= 0.3 is 0 Å². The summed E-state index contributed by atoms with van der Waals surface area (Å²) in [6.45, 7) is 0.549. The van der Waals surface area contributed by atoms with Crippen LogP contribution < -0.4 is 10.6 Å². The van der Waals surface area contributed by atoms with E-state index in [1.807, 2.05) is 54.6 Å². The topological polar surface area (TPSA) is 54.3 Å². The van der Waals surface area contributed by atoms with Crippen molar-refractivity contribution < 1.29 is 9.21 Å². The first-order valence-corrected chi connectivity index (χ1v) is 8.35. The molecule has 3 aromatic rings. The number of amides is 1. The second kappa shape index (κ2) is 7.36. The van der Waals surface area contributed by atoms with Crippen LogP contribution in [0.4, 0.5) is 5.69 Å². The summed E-state index contributed by atoms with van der Waals surface area (Å²) in [5.74, 6) is 1.56. The van der Waals surface area contributed by atoms with Crippen molar-refractivity contribution in [1.82, 2.24) is 5.32 Å². The van der Waals surface area contributed by atoms with E-state index in [2.05, 4.69) is 26.6 Å². The van der Waals surface area contributed by atoms with E-state index in [0.29, 0.717) is 12.1 Å². The van der Waals surface area contributed by atoms with Crippen LogP contribution in [-0.4, -0.2) is 13.0 Å². The third-order valence-electron chi connectivity index (χ3n) is 3.61. The lowest BCUT2D eigenvalue weighted by molar-refractivity contribution is 0.0963. The Morgan fingerprint density at radius 2 is 1.88 bits per heavy atom. The number of carbonyl (C=O) groups excluding carboxylic acids is 1. The molecule has 122 valence electrons. The molecule has 24 heavy (non-hydrogen) atoms. The quantitative estimate of drug-likeness (QED) is 0.671. The van der Waals surface area contributed by atoms with E-state index in [-0.39, 0.29) is 5.91 Å². The minimum atomic E-state index is -0.103. The summed E-state index contributed by atoms with van der Waals surface area (Å²) in [7, 11) is 1.62. The third kappa shape index (κ3) is 3.86. The lowest BCUT2D eigenvalue weighted by Gasteiger charge is -2.06. The SMILES string of the molecule is CNC(=O)c1cccc(NCc2ccc(-c3ccc(Br)cc3)o2)c1. The summed E-state index contributed by atoms with van der Waals surface area (Å²) in [6, 6.07) is 19.3. The van der Waals surface area contributed by atoms with Crippen LogP contribution in [0.1, 0.15) is 16.1 Å². The van der Waals surface area contributed by atoms with Crippen molar-refractivity contribution in [2.75, 3.05) is 12.4 Å². The van der Waals surface area contributed by atoms with E-state index in [4.69, 9.17) is 4.42 Å². The molecule has 0 aliphatic rings. The van der Waals surface area contributed by atoms with Crippen molar-refractivity contribution in [2.45, 2.75) is 6.54 Å². The summed E-state index contributed by atoms with van der Waals surface area (Å²) < 4.78 is 6.91. The van der Waals surface area contributed by atoms with Gasteiger partial charge in [-0.2, -0.15) is 0 Å². The van der Waals surface area contributed by atoms with Crippen LogP contribution in [0.3, 0.4) is 0 Å². The van der Waals surface area contributed by atoms with Crippen molar-refractivity contribution in [1.29, 1.82) is 0 Å². The van der Waals surface area contributed by atoms with Gasteiger partial charge in [0.1, 0.15) is 11.5 Å². The number of nitrogens with one attached hydrogen (secondary N) is 2. The van der Waals surface area contributed by atoms with Crippen molar-refractivity contribution in [3.05, 3.63) is 76.5 Å². The van der Waals surface area contributed by atoms with Crippen LogP contribution in [0.2, 0.25) is 0 Å². The van der Waals surface area contributed by atoms with Crippen LogP contribution in [-0.2, 0) is 6.54 Å². The average molecular weight is 385 g/mol. The van der Waals surface area contributed by atoms with Gasteiger partial charge in [-0.05, 0) is 42.5 Å². The van der Waals surface area contributed by atoms with E-state index in [1.54, 1.807) is 13.1 Å². The molecule has 0 spiro atoms. The van der Waals surface area contributed by atoms with Gasteiger partial charge in [0, 0.05) is 28.3 Å². The summed E-state index contributed by atoms with van der Waals surface area (Å²) >= 11 is 3.43. The molecule has 4 nitrogen and oxygen atoms in total. The standard InChI is InChI=1S/C19H17BrN2O2/c1-21-19(23)14-3-2-4-16(11-14)22-12-17-9-10-18(24-17)13-5-7-15(20)8-6-13/h2-11,22H,12H2,1H3,(H,21,23). The van der Waals surface area contributed by atoms with Crippen LogP contribution in [0, 0.1) is 0 Å². The molecular formula is C19H17BrN2O2. The second-order valence-corrected chi connectivity index (χ2v) is 6.20. The first kappa shape index (κ1) is 16.3. The zero-order valence-electron chi connectivity index (χ0n) is 13.2. The van der Waals surface area contributed by atoms with Crippen LogP contribution in [0.5, 0.6) is 0 Å². The highest BCUT2D eigenvalue weighted by atomic mass is 79.9. The van der Waals surface area contributed by atoms with E-state index >= 15 is 0 Å². The molecule has 0 atom stereocenters. The molecule has 0 unspecified atom stereocenters. The maximum absolute atomic E-state index is 11.7. The molecule has 1 heterocycles. The smallest absolute Gasteiger partial charge is 0.251 e. The Morgan fingerprint density at radius 1 is 1.08 bits per heavy atom. The van der Waals surface area contributed by atoms with Crippen LogP contribution in [0.15, 0.2) is 69.6 Å². The fourth-order valence-electron chi connectivity index (χ4n) is 2.35. The Hall–Kier alpha value is -2.53. The van der Waals surface area contributed by atoms with Gasteiger partial charge in [-0.25, -0.2) is 0 Å². The predicted octanol–water partition coefficient (Wildman–Crippen LogP) is 4.68. The number of carbonyl (C=O) groups is 1. The number of benzene rings is 2. The largest absolute Gasteiger partial charge is 0.459 e. The maximum atomic E-state index is 11.7. The Labute approximate surface area is 149 Å². The van der Waals surface area contributed by atoms with E-state index in [1.165, 1.54) is 0 Å². The van der Waals surface area contributed by atoms with Gasteiger partial charge in [-0.15, -0.1) is 0 Å². The van der Waals surface area contributed by atoms with Gasteiger partial charge in [0.2, 0.25) is 0 Å². The Morgan fingerprint density at radius 3 is 2.62 bits per heavy atom. The molecule has 2 N–H and O–H groups in total. The first-order chi connectivity index (χ1) is 11.7. The minimum Gasteiger partial charge on any atom is -0.459 e. The third-order valence-corrected chi connectivity index (χ3v) is 4.14. The van der Waals surface area contributed by atoms with Crippen molar-refractivity contribution in [3.8, 4) is 11.3 Å². The normalized spacial score (nSPS) is 10.4. The highest BCUT2D eigenvalue weighted by Gasteiger charge is 2.06. The lowest BCUT2D eigenvalue weighted by atomic mass is 10.2. The van der Waals surface area contributed by atoms with Crippen molar-refractivity contribution in [3.63, 3.8) is 0 Å². The highest BCUT2D eigenvalue weighted by molar-refractivity contribution is 9.10. The van der Waals surface area contributed by atoms with Gasteiger partial charge in [-0.1, -0.05) is 34.1 Å². The zero-order chi connectivity index (χ0) is 16.9. The molecule has 1 aromatic heterocycles. The molecule has 3 rings (SSSR count). The summed E-state index contributed by atoms with van der Waals surface area (Å²) in [4.78, 5) is 11.7. The molecule has 5 heteroatoms. The Balaban J connectivity index is 1.67. The number of furan rings is 1. The Bertz CT molecular complexity index is 841. The molecule has 2 aromatic carbocycles. The van der Waals surface area contributed by atoms with Crippen molar-refractivity contribution in [2.24, 2.45) is 0 Å². The number of rotatable bonds is 5. The molecule has 0 radical (unpaired) electrons. The minimum absolute atomic E-state index is 0.103. The van der Waals surface area contributed by atoms with E-state index < -0.39 is 0 Å². The van der Waals surface area contributed by atoms with Gasteiger partial charge in [0.05, 0.1) is 6.54 Å². The summed E-state index contributed by atoms with van der Waals surface area (Å²) in [6.07, 6.45) is 0. The first-order valence-electron chi connectivity index (χ1n) is 7.56. The second-order valence-electron chi connectivity index (χ2n) is 5.29. The zero-order valence-corrected chi connectivity index (χ0v) is 14.8. The van der Waals surface area contributed by atoms with E-state index in [9.17, 15) is 4.79 Å². The predicted molar refractivity (Wildman–Crippen MR) is 99.0 cm³/mol. The monoisotopic (exact) mass is 384 g/mol. The molecule has 1 amide bonds. The average Bonchev–Trinajstić information content (AvgIpc) is 3.09. The van der Waals surface area contributed by atoms with Gasteiger partial charge < -0.3 is 15.1 Å². The van der Waals surface area contributed by atoms with Gasteiger partial charge in [-0.3, -0.25) is 4.79 Å². The number of hydrogen-bond donors (Lipinski definition) is 2. The number of halogens is 1. The molecule has 0 saturated carbocycles. The molecule has 0 aliphatic heterocycles. The molecule has 0 fully saturated rings. The van der Waals surface area contributed by atoms with Crippen LogP contribution in [0.25, 0.3) is 11.3 Å². The molecule has 0 saturated heterocycles. The molecule has 0 bridgehead atoms. The van der Waals surface area contributed by atoms with Gasteiger partial charge in [0.15, 0.2) is 0 Å². The van der Waals surface area contributed by atoms with Crippen molar-refractivity contribution >= 4 is 27.5 Å². The molecular weight excluding hydrogens is 368 g/mol. The number of anilines is 1. The fourth-order valence-corrected chi connectivity index (χ4v) is 2.61. The maximum Gasteiger partial charge on any atom is 0.251 e. The molecule has 0 aliphatic carbocycles. The Kier molecular flexibility index (Phi) is 5.01. The highest BCUT2D eigenvalue weighted by Crippen LogP contribution is 2.24. The lowest BCUT2D eigenvalue weighted by Crippen LogP contribution is -2.17. The summed E-state index contributed by atoms with van der Waals surface area (Å²) in [5.41, 5.74) is 2.53. The number of hydrogen-bond acceptors (Lipinski definition) is 3. The van der Waals surface area contributed by atoms with Crippen LogP contribution >= 0.6 is 15.9 Å². The fraction of sp³-hybridized carbons (Fsp3) is 0.105. The summed E-state index contributed by atoms with van der Waals surface area (Å²) in [5, 5.41) is 5.89. The van der Waals surface area contributed by atoms with Gasteiger partial charge in [0.25, 0.3) is 5.91 Å². The van der Waals surface area contributed by atoms with E-state index in [0.717, 1.165) is 27.2 Å².